The van der Waals surface area contributed by atoms with Gasteiger partial charge >= 0.3 is 0 Å². The Balaban J connectivity index is 2.62. The highest BCUT2D eigenvalue weighted by Gasteiger charge is 2.42. The second-order valence-electron chi connectivity index (χ2n) is 5.11. The molecule has 0 unspecified atom stereocenters. The number of nitrogens with zero attached hydrogens (tertiary/aromatic N) is 1. The fourth-order valence-electron chi connectivity index (χ4n) is 2.49. The van der Waals surface area contributed by atoms with Crippen molar-refractivity contribution in [1.29, 1.82) is 0 Å². The van der Waals surface area contributed by atoms with E-state index in [1.54, 1.807) is 0 Å². The summed E-state index contributed by atoms with van der Waals surface area (Å²) < 4.78 is 2.23. The van der Waals surface area contributed by atoms with Crippen molar-refractivity contribution in [1.82, 2.24) is 0 Å². The van der Waals surface area contributed by atoms with Gasteiger partial charge in [-0.15, -0.1) is 0 Å². The summed E-state index contributed by atoms with van der Waals surface area (Å²) in [5.41, 5.74) is 5.32. The van der Waals surface area contributed by atoms with E-state index in [0.717, 1.165) is 0 Å². The molecule has 86 valence electrons. The van der Waals surface area contributed by atoms with Crippen molar-refractivity contribution in [3.8, 4) is 0 Å². The van der Waals surface area contributed by atoms with E-state index in [4.69, 9.17) is 5.11 Å². The zero-order valence-corrected chi connectivity index (χ0v) is 10.5. The van der Waals surface area contributed by atoms with E-state index in [1.807, 2.05) is 0 Å². The van der Waals surface area contributed by atoms with Gasteiger partial charge in [0, 0.05) is 18.6 Å². The number of hydrogen-bond donors (Lipinski definition) is 1. The number of rotatable bonds is 2. The van der Waals surface area contributed by atoms with Gasteiger partial charge in [-0.3, -0.25) is 0 Å². The molecule has 2 nitrogen and oxygen atoms in total. The third-order valence-electron chi connectivity index (χ3n) is 3.75. The lowest BCUT2D eigenvalue weighted by Gasteiger charge is -2.15. The van der Waals surface area contributed by atoms with Crippen molar-refractivity contribution in [2.45, 2.75) is 33.1 Å². The van der Waals surface area contributed by atoms with Crippen molar-refractivity contribution in [3.63, 3.8) is 0 Å². The maximum Gasteiger partial charge on any atom is 0.209 e. The number of aliphatic hydroxyl groups is 1. The van der Waals surface area contributed by atoms with Gasteiger partial charge in [0.05, 0.1) is 5.41 Å². The van der Waals surface area contributed by atoms with Gasteiger partial charge < -0.3 is 5.11 Å². The van der Waals surface area contributed by atoms with Crippen molar-refractivity contribution < 1.29 is 9.68 Å². The standard InChI is InChI=1S/C14H20NO/c1-10-5-6-13-12(9-10)14(3,4)11(2)15(13)7-8-16/h5-6,9,16H,7-8H2,1-4H3/q+1. The molecule has 0 aliphatic carbocycles. The molecule has 0 aromatic heterocycles. The van der Waals surface area contributed by atoms with E-state index >= 15 is 0 Å². The van der Waals surface area contributed by atoms with Crippen LogP contribution in [0.25, 0.3) is 0 Å². The highest BCUT2D eigenvalue weighted by Crippen LogP contribution is 2.39. The molecule has 0 fully saturated rings. The molecule has 0 bridgehead atoms. The van der Waals surface area contributed by atoms with Gasteiger partial charge in [0.1, 0.15) is 6.61 Å². The summed E-state index contributed by atoms with van der Waals surface area (Å²) in [5, 5.41) is 9.14. The number of aliphatic hydroxyl groups excluding tert-OH is 1. The monoisotopic (exact) mass is 218 g/mol. The van der Waals surface area contributed by atoms with Gasteiger partial charge in [0.25, 0.3) is 0 Å². The first-order valence-electron chi connectivity index (χ1n) is 5.82. The maximum absolute atomic E-state index is 9.14. The van der Waals surface area contributed by atoms with E-state index in [9.17, 15) is 0 Å². The van der Waals surface area contributed by atoms with Gasteiger partial charge in [-0.2, -0.15) is 4.58 Å². The molecule has 1 aliphatic heterocycles. The SMILES string of the molecule is CC1=[N+](CCO)c2ccc(C)cc2C1(C)C. The maximum atomic E-state index is 9.14. The van der Waals surface area contributed by atoms with Crippen LogP contribution in [-0.4, -0.2) is 28.5 Å². The molecule has 1 aromatic rings. The van der Waals surface area contributed by atoms with Crippen LogP contribution in [0.1, 0.15) is 31.9 Å². The fourth-order valence-corrected chi connectivity index (χ4v) is 2.49. The summed E-state index contributed by atoms with van der Waals surface area (Å²) in [4.78, 5) is 0. The van der Waals surface area contributed by atoms with Crippen LogP contribution in [0.15, 0.2) is 18.2 Å². The van der Waals surface area contributed by atoms with Crippen molar-refractivity contribution in [2.24, 2.45) is 0 Å². The van der Waals surface area contributed by atoms with Crippen LogP contribution >= 0.6 is 0 Å². The van der Waals surface area contributed by atoms with E-state index in [1.165, 1.54) is 22.5 Å². The Bertz CT molecular complexity index is 458. The molecule has 1 N–H and O–H groups in total. The van der Waals surface area contributed by atoms with E-state index < -0.39 is 0 Å². The molecule has 2 heteroatoms. The highest BCUT2D eigenvalue weighted by atomic mass is 16.3. The van der Waals surface area contributed by atoms with Crippen LogP contribution < -0.4 is 0 Å². The molecule has 0 saturated heterocycles. The fraction of sp³-hybridized carbons (Fsp3) is 0.500. The highest BCUT2D eigenvalue weighted by molar-refractivity contribution is 5.93. The van der Waals surface area contributed by atoms with Crippen molar-refractivity contribution in [2.75, 3.05) is 13.2 Å². The third kappa shape index (κ3) is 1.49. The third-order valence-corrected chi connectivity index (χ3v) is 3.75. The summed E-state index contributed by atoms with van der Waals surface area (Å²) >= 11 is 0. The first-order valence-corrected chi connectivity index (χ1v) is 5.82. The Hall–Kier alpha value is -1.15. The van der Waals surface area contributed by atoms with Crippen LogP contribution in [0.2, 0.25) is 0 Å². The van der Waals surface area contributed by atoms with Crippen LogP contribution in [0.5, 0.6) is 0 Å². The minimum atomic E-state index is 0.0799. The molecule has 0 spiro atoms. The Morgan fingerprint density at radius 3 is 2.56 bits per heavy atom. The van der Waals surface area contributed by atoms with Gasteiger partial charge in [-0.1, -0.05) is 11.6 Å². The number of fused-ring (bicyclic) bond motifs is 1. The molecular weight excluding hydrogens is 198 g/mol. The van der Waals surface area contributed by atoms with Crippen LogP contribution in [0.4, 0.5) is 5.69 Å². The van der Waals surface area contributed by atoms with Gasteiger partial charge in [0.2, 0.25) is 5.69 Å². The van der Waals surface area contributed by atoms with Crippen LogP contribution in [-0.2, 0) is 5.41 Å². The van der Waals surface area contributed by atoms with Gasteiger partial charge in [-0.25, -0.2) is 0 Å². The molecule has 16 heavy (non-hydrogen) atoms. The topological polar surface area (TPSA) is 23.2 Å². The molecular formula is C14H20NO+. The van der Waals surface area contributed by atoms with E-state index in [2.05, 4.69) is 50.5 Å². The largest absolute Gasteiger partial charge is 0.390 e. The quantitative estimate of drug-likeness (QED) is 0.757. The van der Waals surface area contributed by atoms with Crippen molar-refractivity contribution >= 4 is 11.4 Å². The number of benzene rings is 1. The first kappa shape index (κ1) is 11.3. The minimum absolute atomic E-state index is 0.0799. The van der Waals surface area contributed by atoms with Crippen LogP contribution in [0, 0.1) is 6.92 Å². The Morgan fingerprint density at radius 2 is 1.94 bits per heavy atom. The lowest BCUT2D eigenvalue weighted by Crippen LogP contribution is -2.27. The van der Waals surface area contributed by atoms with Gasteiger partial charge in [0.15, 0.2) is 12.3 Å². The molecule has 1 aromatic carbocycles. The summed E-state index contributed by atoms with van der Waals surface area (Å²) in [6.45, 7) is 9.66. The minimum Gasteiger partial charge on any atom is -0.390 e. The zero-order chi connectivity index (χ0) is 11.9. The number of β-amino-alcohol motifs (C(OH)–C–C–N with tert-alkyl or cyclic N) is 1. The molecule has 0 saturated carbocycles. The predicted octanol–water partition coefficient (Wildman–Crippen LogP) is 2.38. The smallest absolute Gasteiger partial charge is 0.209 e. The second-order valence-corrected chi connectivity index (χ2v) is 5.11. The first-order chi connectivity index (χ1) is 7.48. The van der Waals surface area contributed by atoms with E-state index in [0.29, 0.717) is 6.54 Å². The number of aryl methyl sites for hydroxylation is 1. The molecule has 0 radical (unpaired) electrons. The Kier molecular flexibility index (Phi) is 2.62. The zero-order valence-electron chi connectivity index (χ0n) is 10.5. The normalized spacial score (nSPS) is 17.8. The lowest BCUT2D eigenvalue weighted by molar-refractivity contribution is -0.442. The Labute approximate surface area is 97.2 Å². The summed E-state index contributed by atoms with van der Waals surface area (Å²) in [6, 6.07) is 6.56. The number of hydrogen-bond acceptors (Lipinski definition) is 1. The lowest BCUT2D eigenvalue weighted by atomic mass is 9.82. The molecule has 0 atom stereocenters. The summed E-state index contributed by atoms with van der Waals surface area (Å²) in [7, 11) is 0. The van der Waals surface area contributed by atoms with Gasteiger partial charge in [-0.05, 0) is 26.8 Å². The van der Waals surface area contributed by atoms with Crippen molar-refractivity contribution in [3.05, 3.63) is 29.3 Å². The summed E-state index contributed by atoms with van der Waals surface area (Å²) in [5.74, 6) is 0. The molecule has 2 rings (SSSR count). The Morgan fingerprint density at radius 1 is 1.25 bits per heavy atom. The molecule has 1 aliphatic rings. The second kappa shape index (κ2) is 3.70. The van der Waals surface area contributed by atoms with Crippen LogP contribution in [0.3, 0.4) is 0 Å². The van der Waals surface area contributed by atoms with E-state index in [-0.39, 0.29) is 12.0 Å². The molecule has 1 heterocycles. The average Bonchev–Trinajstić information content (AvgIpc) is 2.41. The average molecular weight is 218 g/mol. The predicted molar refractivity (Wildman–Crippen MR) is 66.8 cm³/mol. The molecule has 0 amide bonds. The summed E-state index contributed by atoms with van der Waals surface area (Å²) in [6.07, 6.45) is 0.